The highest BCUT2D eigenvalue weighted by molar-refractivity contribution is 7.91. The number of H-pyrrole nitrogens is 1. The fourth-order valence-electron chi connectivity index (χ4n) is 2.30. The number of hydrogen-bond donors (Lipinski definition) is 1. The molecule has 1 N–H and O–H groups in total. The van der Waals surface area contributed by atoms with E-state index in [0.29, 0.717) is 11.2 Å². The van der Waals surface area contributed by atoms with Gasteiger partial charge in [0.1, 0.15) is 0 Å². The van der Waals surface area contributed by atoms with Crippen LogP contribution in [-0.2, 0) is 9.84 Å². The molecule has 0 radical (unpaired) electrons. The Hall–Kier alpha value is -2.11. The summed E-state index contributed by atoms with van der Waals surface area (Å²) >= 11 is 6.17. The van der Waals surface area contributed by atoms with Crippen molar-refractivity contribution in [3.8, 4) is 0 Å². The summed E-state index contributed by atoms with van der Waals surface area (Å²) in [6.45, 7) is 1.59. The van der Waals surface area contributed by atoms with Crippen molar-refractivity contribution >= 4 is 44.5 Å². The molecule has 1 aromatic heterocycles. The number of nitrogens with one attached hydrogen (secondary N) is 1. The van der Waals surface area contributed by atoms with Crippen molar-refractivity contribution in [3.05, 3.63) is 58.7 Å². The van der Waals surface area contributed by atoms with E-state index < -0.39 is 9.84 Å². The van der Waals surface area contributed by atoms with Gasteiger partial charge < -0.3 is 0 Å². The zero-order valence-corrected chi connectivity index (χ0v) is 14.0. The monoisotopic (exact) mass is 346 g/mol. The first-order valence-electron chi connectivity index (χ1n) is 7.15. The molecule has 0 amide bonds. The van der Waals surface area contributed by atoms with E-state index >= 15 is 0 Å². The van der Waals surface area contributed by atoms with E-state index in [9.17, 15) is 8.42 Å². The lowest BCUT2D eigenvalue weighted by atomic mass is 10.1. The summed E-state index contributed by atoms with van der Waals surface area (Å²) in [6.07, 6.45) is 3.82. The second-order valence-electron chi connectivity index (χ2n) is 5.08. The van der Waals surface area contributed by atoms with Crippen LogP contribution in [0.1, 0.15) is 18.2 Å². The Labute approximate surface area is 139 Å². The van der Waals surface area contributed by atoms with E-state index in [1.807, 2.05) is 42.5 Å². The molecule has 3 rings (SSSR count). The maximum absolute atomic E-state index is 12.1. The third kappa shape index (κ3) is 3.16. The largest absolute Gasteiger partial charge is 0.277 e. The topological polar surface area (TPSA) is 62.8 Å². The summed E-state index contributed by atoms with van der Waals surface area (Å²) in [5, 5.41) is 8.11. The predicted molar refractivity (Wildman–Crippen MR) is 94.2 cm³/mol. The van der Waals surface area contributed by atoms with Gasteiger partial charge in [0.25, 0.3) is 0 Å². The molecular weight excluding hydrogens is 332 g/mol. The third-order valence-corrected chi connectivity index (χ3v) is 5.79. The van der Waals surface area contributed by atoms with Crippen molar-refractivity contribution < 1.29 is 8.42 Å². The van der Waals surface area contributed by atoms with Gasteiger partial charge in [0.05, 0.1) is 26.9 Å². The maximum atomic E-state index is 12.1. The number of halogens is 1. The number of fused-ring (bicyclic) bond motifs is 1. The molecule has 3 aromatic rings. The second kappa shape index (κ2) is 6.18. The Morgan fingerprint density at radius 3 is 2.61 bits per heavy atom. The number of rotatable bonds is 4. The second-order valence-corrected chi connectivity index (χ2v) is 7.74. The fourth-order valence-corrected chi connectivity index (χ4v) is 3.78. The first-order chi connectivity index (χ1) is 11.0. The third-order valence-electron chi connectivity index (χ3n) is 3.59. The molecule has 0 bridgehead atoms. The average Bonchev–Trinajstić information content (AvgIpc) is 2.95. The van der Waals surface area contributed by atoms with E-state index in [4.69, 9.17) is 11.6 Å². The molecule has 0 saturated heterocycles. The number of benzene rings is 2. The van der Waals surface area contributed by atoms with Crippen molar-refractivity contribution in [2.75, 3.05) is 5.75 Å². The van der Waals surface area contributed by atoms with Crippen molar-refractivity contribution in [1.29, 1.82) is 0 Å². The van der Waals surface area contributed by atoms with Gasteiger partial charge in [-0.1, -0.05) is 54.9 Å². The van der Waals surface area contributed by atoms with Crippen LogP contribution in [0.15, 0.2) is 47.4 Å². The molecule has 6 heteroatoms. The van der Waals surface area contributed by atoms with Crippen LogP contribution < -0.4 is 0 Å². The Kier molecular flexibility index (Phi) is 4.24. The van der Waals surface area contributed by atoms with Gasteiger partial charge in [-0.3, -0.25) is 5.10 Å². The zero-order chi connectivity index (χ0) is 16.4. The normalized spacial score (nSPS) is 12.3. The van der Waals surface area contributed by atoms with E-state index in [-0.39, 0.29) is 15.7 Å². The molecule has 0 spiro atoms. The number of nitrogens with zero attached hydrogens (tertiary/aromatic N) is 1. The van der Waals surface area contributed by atoms with E-state index in [0.717, 1.165) is 10.9 Å². The molecule has 0 fully saturated rings. The van der Waals surface area contributed by atoms with Crippen molar-refractivity contribution in [2.24, 2.45) is 0 Å². The van der Waals surface area contributed by atoms with Crippen molar-refractivity contribution in [3.63, 3.8) is 0 Å². The summed E-state index contributed by atoms with van der Waals surface area (Å²) in [7, 11) is -3.36. The van der Waals surface area contributed by atoms with Crippen LogP contribution in [0.5, 0.6) is 0 Å². The smallest absolute Gasteiger partial charge is 0.179 e. The zero-order valence-electron chi connectivity index (χ0n) is 12.5. The van der Waals surface area contributed by atoms with Crippen LogP contribution in [0.25, 0.3) is 23.1 Å². The molecule has 23 heavy (non-hydrogen) atoms. The highest BCUT2D eigenvalue weighted by Crippen LogP contribution is 2.29. The molecule has 2 aromatic carbocycles. The Morgan fingerprint density at radius 1 is 1.17 bits per heavy atom. The first kappa shape index (κ1) is 15.8. The number of sulfone groups is 1. The summed E-state index contributed by atoms with van der Waals surface area (Å²) in [5.74, 6) is 0.00707. The van der Waals surface area contributed by atoms with Crippen LogP contribution in [0.4, 0.5) is 0 Å². The van der Waals surface area contributed by atoms with Gasteiger partial charge in [0, 0.05) is 5.39 Å². The average molecular weight is 347 g/mol. The van der Waals surface area contributed by atoms with Crippen LogP contribution >= 0.6 is 11.6 Å². The molecule has 0 saturated carbocycles. The van der Waals surface area contributed by atoms with E-state index in [2.05, 4.69) is 10.2 Å². The summed E-state index contributed by atoms with van der Waals surface area (Å²) in [5.41, 5.74) is 2.42. The van der Waals surface area contributed by atoms with E-state index in [1.165, 1.54) is 0 Å². The van der Waals surface area contributed by atoms with Gasteiger partial charge in [-0.25, -0.2) is 8.42 Å². The molecule has 0 aliphatic heterocycles. The quantitative estimate of drug-likeness (QED) is 0.770. The van der Waals surface area contributed by atoms with Gasteiger partial charge in [-0.15, -0.1) is 0 Å². The molecule has 0 aliphatic rings. The van der Waals surface area contributed by atoms with Crippen LogP contribution in [0.3, 0.4) is 0 Å². The minimum atomic E-state index is -3.36. The molecule has 0 unspecified atom stereocenters. The Bertz CT molecular complexity index is 977. The van der Waals surface area contributed by atoms with Crippen LogP contribution in [0, 0.1) is 0 Å². The van der Waals surface area contributed by atoms with Crippen molar-refractivity contribution in [1.82, 2.24) is 10.2 Å². The number of aromatic nitrogens is 2. The minimum Gasteiger partial charge on any atom is -0.277 e. The van der Waals surface area contributed by atoms with Gasteiger partial charge in [-0.05, 0) is 23.8 Å². The summed E-state index contributed by atoms with van der Waals surface area (Å²) in [6, 6.07) is 13.0. The molecule has 0 aliphatic carbocycles. The van der Waals surface area contributed by atoms with E-state index in [1.54, 1.807) is 19.1 Å². The lowest BCUT2D eigenvalue weighted by Gasteiger charge is -2.04. The van der Waals surface area contributed by atoms with Gasteiger partial charge in [0.15, 0.2) is 9.84 Å². The molecule has 4 nitrogen and oxygen atoms in total. The Balaban J connectivity index is 2.05. The molecular formula is C17H15ClN2O2S. The minimum absolute atomic E-state index is 0.00707. The van der Waals surface area contributed by atoms with Crippen LogP contribution in [0.2, 0.25) is 5.02 Å². The Morgan fingerprint density at radius 2 is 1.91 bits per heavy atom. The lowest BCUT2D eigenvalue weighted by Crippen LogP contribution is -2.04. The first-order valence-corrected chi connectivity index (χ1v) is 9.18. The summed E-state index contributed by atoms with van der Waals surface area (Å²) in [4.78, 5) is 0.136. The maximum Gasteiger partial charge on any atom is 0.179 e. The SMILES string of the molecule is CCS(=O)(=O)c1cc2[nH]nc(/C=C/c3ccccc3)c2cc1Cl. The predicted octanol–water partition coefficient (Wildman–Crippen LogP) is 4.18. The van der Waals surface area contributed by atoms with Crippen molar-refractivity contribution in [2.45, 2.75) is 11.8 Å². The van der Waals surface area contributed by atoms with Gasteiger partial charge in [0.2, 0.25) is 0 Å². The fraction of sp³-hybridized carbons (Fsp3) is 0.118. The molecule has 118 valence electrons. The lowest BCUT2D eigenvalue weighted by molar-refractivity contribution is 0.597. The number of hydrogen-bond acceptors (Lipinski definition) is 3. The van der Waals surface area contributed by atoms with Crippen LogP contribution in [-0.4, -0.2) is 24.4 Å². The molecule has 1 heterocycles. The highest BCUT2D eigenvalue weighted by Gasteiger charge is 2.18. The van der Waals surface area contributed by atoms with Gasteiger partial charge >= 0.3 is 0 Å². The standard InChI is InChI=1S/C17H15ClN2O2S/c1-2-23(21,22)17-11-16-13(10-14(17)18)15(19-20-16)9-8-12-6-4-3-5-7-12/h3-11H,2H2,1H3,(H,19,20)/b9-8+. The molecule has 0 atom stereocenters. The summed E-state index contributed by atoms with van der Waals surface area (Å²) < 4.78 is 24.1. The number of aromatic amines is 1. The highest BCUT2D eigenvalue weighted by atomic mass is 35.5. The van der Waals surface area contributed by atoms with Gasteiger partial charge in [-0.2, -0.15) is 5.10 Å².